The molecule has 1 fully saturated rings. The molecule has 1 aliphatic rings. The van der Waals surface area contributed by atoms with Crippen molar-refractivity contribution in [3.05, 3.63) is 83.6 Å². The van der Waals surface area contributed by atoms with Crippen molar-refractivity contribution in [2.75, 3.05) is 0 Å². The highest BCUT2D eigenvalue weighted by molar-refractivity contribution is 5.93. The molecule has 27 heavy (non-hydrogen) atoms. The van der Waals surface area contributed by atoms with E-state index in [1.807, 2.05) is 37.3 Å². The van der Waals surface area contributed by atoms with Crippen LogP contribution in [0.3, 0.4) is 0 Å². The predicted molar refractivity (Wildman–Crippen MR) is 99.1 cm³/mol. The van der Waals surface area contributed by atoms with Gasteiger partial charge in [-0.1, -0.05) is 48.5 Å². The number of hydrogen-bond acceptors (Lipinski definition) is 4. The maximum atomic E-state index is 12.4. The summed E-state index contributed by atoms with van der Waals surface area (Å²) in [5.41, 5.74) is 2.24. The largest absolute Gasteiger partial charge is 0.445 e. The van der Waals surface area contributed by atoms with Crippen LogP contribution in [0.15, 0.2) is 66.9 Å². The third-order valence-corrected chi connectivity index (χ3v) is 4.31. The molecule has 2 aromatic carbocycles. The zero-order chi connectivity index (χ0) is 19.2. The van der Waals surface area contributed by atoms with Crippen molar-refractivity contribution in [2.45, 2.75) is 25.6 Å². The van der Waals surface area contributed by atoms with Gasteiger partial charge >= 0.3 is 6.09 Å². The zero-order valence-corrected chi connectivity index (χ0v) is 14.8. The quantitative estimate of drug-likeness (QED) is 0.829. The lowest BCUT2D eigenvalue weighted by Gasteiger charge is -2.45. The summed E-state index contributed by atoms with van der Waals surface area (Å²) in [5, 5.41) is 11.6. The Morgan fingerprint density at radius 1 is 1.22 bits per heavy atom. The molecule has 2 amide bonds. The average molecular weight is 361 g/mol. The molecule has 6 nitrogen and oxygen atoms in total. The molecule has 0 saturated carbocycles. The molecule has 1 aliphatic heterocycles. The van der Waals surface area contributed by atoms with Crippen molar-refractivity contribution in [3.8, 4) is 6.07 Å². The minimum atomic E-state index is -0.711. The van der Waals surface area contributed by atoms with Crippen molar-refractivity contribution < 1.29 is 14.3 Å². The Hall–Kier alpha value is -3.59. The summed E-state index contributed by atoms with van der Waals surface area (Å²) < 4.78 is 5.22. The van der Waals surface area contributed by atoms with Gasteiger partial charge in [-0.25, -0.2) is 4.79 Å². The Morgan fingerprint density at radius 3 is 2.56 bits per heavy atom. The number of nitriles is 1. The van der Waals surface area contributed by atoms with E-state index in [-0.39, 0.29) is 18.6 Å². The van der Waals surface area contributed by atoms with Crippen LogP contribution in [0.4, 0.5) is 4.79 Å². The first-order valence-electron chi connectivity index (χ1n) is 8.56. The first-order valence-corrected chi connectivity index (χ1v) is 8.56. The van der Waals surface area contributed by atoms with E-state index < -0.39 is 12.1 Å². The Morgan fingerprint density at radius 2 is 1.93 bits per heavy atom. The number of amides is 2. The maximum Gasteiger partial charge on any atom is 0.408 e. The molecule has 0 unspecified atom stereocenters. The summed E-state index contributed by atoms with van der Waals surface area (Å²) in [6.07, 6.45) is 2.80. The van der Waals surface area contributed by atoms with Crippen molar-refractivity contribution in [3.63, 3.8) is 0 Å². The fourth-order valence-corrected chi connectivity index (χ4v) is 2.98. The van der Waals surface area contributed by atoms with Gasteiger partial charge in [-0.3, -0.25) is 4.79 Å². The number of carbonyl (C=O) groups is 2. The van der Waals surface area contributed by atoms with Crippen molar-refractivity contribution in [1.82, 2.24) is 10.2 Å². The van der Waals surface area contributed by atoms with E-state index in [1.165, 1.54) is 0 Å². The fourth-order valence-electron chi connectivity index (χ4n) is 2.98. The molecular weight excluding hydrogens is 342 g/mol. The number of likely N-dealkylation sites (tertiary alicyclic amines) is 1. The molecule has 1 saturated heterocycles. The topological polar surface area (TPSA) is 82.4 Å². The first kappa shape index (κ1) is 18.2. The third kappa shape index (κ3) is 3.98. The highest BCUT2D eigenvalue weighted by atomic mass is 16.5. The molecule has 0 spiro atoms. The van der Waals surface area contributed by atoms with Crippen LogP contribution >= 0.6 is 0 Å². The molecule has 6 heteroatoms. The van der Waals surface area contributed by atoms with Gasteiger partial charge in [0.05, 0.1) is 17.7 Å². The van der Waals surface area contributed by atoms with E-state index in [1.54, 1.807) is 41.4 Å². The molecule has 0 radical (unpaired) electrons. The lowest BCUT2D eigenvalue weighted by Crippen LogP contribution is -2.63. The van der Waals surface area contributed by atoms with Gasteiger partial charge in [0.2, 0.25) is 0 Å². The third-order valence-electron chi connectivity index (χ3n) is 4.31. The maximum absolute atomic E-state index is 12.4. The van der Waals surface area contributed by atoms with E-state index in [0.717, 1.165) is 11.1 Å². The van der Waals surface area contributed by atoms with Gasteiger partial charge in [0.25, 0.3) is 5.91 Å². The van der Waals surface area contributed by atoms with Crippen LogP contribution in [0.5, 0.6) is 0 Å². The minimum Gasteiger partial charge on any atom is -0.445 e. The summed E-state index contributed by atoms with van der Waals surface area (Å²) in [6.45, 7) is 1.95. The summed E-state index contributed by atoms with van der Waals surface area (Å²) in [5.74, 6) is -0.209. The number of carbonyl (C=O) groups excluding carboxylic acids is 2. The van der Waals surface area contributed by atoms with Gasteiger partial charge in [0, 0.05) is 6.20 Å². The van der Waals surface area contributed by atoms with Crippen LogP contribution in [0.2, 0.25) is 0 Å². The second-order valence-corrected chi connectivity index (χ2v) is 6.09. The van der Waals surface area contributed by atoms with Crippen LogP contribution in [-0.2, 0) is 16.1 Å². The number of alkyl carbamates (subject to hydrolysis) is 1. The number of rotatable bonds is 5. The van der Waals surface area contributed by atoms with E-state index in [2.05, 4.69) is 11.4 Å². The van der Waals surface area contributed by atoms with Crippen molar-refractivity contribution >= 4 is 12.0 Å². The van der Waals surface area contributed by atoms with Gasteiger partial charge in [-0.2, -0.15) is 5.26 Å². The Bertz CT molecular complexity index is 885. The summed E-state index contributed by atoms with van der Waals surface area (Å²) >= 11 is 0. The van der Waals surface area contributed by atoms with E-state index in [0.29, 0.717) is 5.56 Å². The molecular formula is C21H19N3O3. The SMILES string of the molecule is CC=CN1C(=O)[C@@H](NC(=O)OCc2ccccc2)[C@H]1c1ccc(C#N)cc1. The van der Waals surface area contributed by atoms with Gasteiger partial charge in [-0.15, -0.1) is 0 Å². The Labute approximate surface area is 157 Å². The Balaban J connectivity index is 1.69. The van der Waals surface area contributed by atoms with E-state index >= 15 is 0 Å². The standard InChI is InChI=1S/C21H19N3O3/c1-2-12-24-19(17-10-8-15(13-22)9-11-17)18(20(24)25)23-21(26)27-14-16-6-4-3-5-7-16/h2-12,18-19H,14H2,1H3,(H,23,26)/t18-,19+/m0/s1. The molecule has 0 aliphatic carbocycles. The van der Waals surface area contributed by atoms with Crippen LogP contribution < -0.4 is 5.32 Å². The van der Waals surface area contributed by atoms with Crippen LogP contribution in [0.25, 0.3) is 0 Å². The number of nitrogens with zero attached hydrogens (tertiary/aromatic N) is 2. The van der Waals surface area contributed by atoms with Gasteiger partial charge in [0.15, 0.2) is 0 Å². The van der Waals surface area contributed by atoms with Crippen LogP contribution in [0.1, 0.15) is 29.7 Å². The monoisotopic (exact) mass is 361 g/mol. The summed E-state index contributed by atoms with van der Waals surface area (Å²) in [6, 6.07) is 17.3. The second-order valence-electron chi connectivity index (χ2n) is 6.09. The van der Waals surface area contributed by atoms with Crippen LogP contribution in [0, 0.1) is 11.3 Å². The lowest BCUT2D eigenvalue weighted by atomic mass is 9.88. The Kier molecular flexibility index (Phi) is 5.53. The van der Waals surface area contributed by atoms with Crippen molar-refractivity contribution in [2.24, 2.45) is 0 Å². The van der Waals surface area contributed by atoms with Gasteiger partial charge in [0.1, 0.15) is 12.6 Å². The molecule has 3 rings (SSSR count). The number of β-lactam (4-membered cyclic amide) rings is 1. The molecule has 136 valence electrons. The first-order chi connectivity index (χ1) is 13.1. The second kappa shape index (κ2) is 8.19. The average Bonchev–Trinajstić information content (AvgIpc) is 2.72. The molecule has 1 heterocycles. The highest BCUT2D eigenvalue weighted by Gasteiger charge is 2.48. The number of hydrogen-bond donors (Lipinski definition) is 1. The smallest absolute Gasteiger partial charge is 0.408 e. The number of nitrogens with one attached hydrogen (secondary N) is 1. The number of ether oxygens (including phenoxy) is 1. The predicted octanol–water partition coefficient (Wildman–Crippen LogP) is 3.27. The zero-order valence-electron chi connectivity index (χ0n) is 14.8. The number of benzene rings is 2. The molecule has 1 N–H and O–H groups in total. The molecule has 0 aromatic heterocycles. The molecule has 2 atom stereocenters. The summed E-state index contributed by atoms with van der Waals surface area (Å²) in [4.78, 5) is 26.1. The highest BCUT2D eigenvalue weighted by Crippen LogP contribution is 2.35. The van der Waals surface area contributed by atoms with Crippen LogP contribution in [-0.4, -0.2) is 22.9 Å². The van der Waals surface area contributed by atoms with Crippen molar-refractivity contribution in [1.29, 1.82) is 5.26 Å². The fraction of sp³-hybridized carbons (Fsp3) is 0.190. The van der Waals surface area contributed by atoms with Gasteiger partial charge in [-0.05, 0) is 30.2 Å². The summed E-state index contributed by atoms with van der Waals surface area (Å²) in [7, 11) is 0. The van der Waals surface area contributed by atoms with E-state index in [4.69, 9.17) is 10.00 Å². The minimum absolute atomic E-state index is 0.133. The van der Waals surface area contributed by atoms with Gasteiger partial charge < -0.3 is 15.0 Å². The molecule has 0 bridgehead atoms. The van der Waals surface area contributed by atoms with E-state index in [9.17, 15) is 9.59 Å². The molecule has 2 aromatic rings. The normalized spacial score (nSPS) is 18.7. The number of allylic oxidation sites excluding steroid dienone is 1. The lowest BCUT2D eigenvalue weighted by molar-refractivity contribution is -0.146.